The smallest absolute Gasteiger partial charge is 0.254 e. The van der Waals surface area contributed by atoms with Gasteiger partial charge in [-0.25, -0.2) is 0 Å². The zero-order valence-electron chi connectivity index (χ0n) is 19.2. The van der Waals surface area contributed by atoms with Crippen LogP contribution in [0.2, 0.25) is 0 Å². The minimum Gasteiger partial charge on any atom is -0.497 e. The molecular formula is C28H28N2O3. The van der Waals surface area contributed by atoms with Crippen molar-refractivity contribution in [2.45, 2.75) is 33.2 Å². The Bertz CT molecular complexity index is 1340. The number of anilines is 1. The van der Waals surface area contributed by atoms with Gasteiger partial charge in [-0.1, -0.05) is 47.5 Å². The van der Waals surface area contributed by atoms with Crippen molar-refractivity contribution in [3.63, 3.8) is 0 Å². The molecule has 1 amide bonds. The van der Waals surface area contributed by atoms with Crippen LogP contribution < -0.4 is 15.6 Å². The van der Waals surface area contributed by atoms with Crippen LogP contribution in [0.4, 0.5) is 5.69 Å². The second-order valence-electron chi connectivity index (χ2n) is 8.39. The minimum absolute atomic E-state index is 0.0747. The molecule has 0 aliphatic rings. The number of aromatic nitrogens is 1. The molecule has 0 saturated carbocycles. The molecule has 0 saturated heterocycles. The summed E-state index contributed by atoms with van der Waals surface area (Å²) in [5.74, 6) is 0.391. The summed E-state index contributed by atoms with van der Waals surface area (Å²) in [5, 5.41) is 3.79. The van der Waals surface area contributed by atoms with E-state index < -0.39 is 0 Å². The van der Waals surface area contributed by atoms with Crippen molar-refractivity contribution in [2.24, 2.45) is 0 Å². The number of fused-ring (bicyclic) bond motifs is 1. The van der Waals surface area contributed by atoms with Gasteiger partial charge in [0.1, 0.15) is 12.3 Å². The highest BCUT2D eigenvalue weighted by Crippen LogP contribution is 2.21. The van der Waals surface area contributed by atoms with Crippen LogP contribution in [0.15, 0.2) is 77.6 Å². The first-order chi connectivity index (χ1) is 15.9. The van der Waals surface area contributed by atoms with Crippen molar-refractivity contribution >= 4 is 22.5 Å². The maximum Gasteiger partial charge on any atom is 0.254 e. The van der Waals surface area contributed by atoms with Crippen LogP contribution >= 0.6 is 0 Å². The van der Waals surface area contributed by atoms with Gasteiger partial charge in [0.2, 0.25) is 5.91 Å². The van der Waals surface area contributed by atoms with Crippen molar-refractivity contribution < 1.29 is 9.53 Å². The normalized spacial score (nSPS) is 10.9. The van der Waals surface area contributed by atoms with E-state index in [1.54, 1.807) is 17.7 Å². The molecule has 0 unspecified atom stereocenters. The number of hydrogen-bond acceptors (Lipinski definition) is 3. The lowest BCUT2D eigenvalue weighted by Crippen LogP contribution is -2.30. The van der Waals surface area contributed by atoms with Crippen LogP contribution in [-0.4, -0.2) is 17.6 Å². The molecule has 3 aromatic carbocycles. The SMILES string of the molecule is COc1ccc2cc(CCc3ccc(C)cc3)c(=O)n(CC(=O)Nc3ccc(C)cc3)c2c1. The van der Waals surface area contributed by atoms with Gasteiger partial charge in [-0.05, 0) is 68.0 Å². The number of pyridine rings is 1. The Morgan fingerprint density at radius 3 is 2.21 bits per heavy atom. The van der Waals surface area contributed by atoms with Crippen LogP contribution in [0, 0.1) is 13.8 Å². The first-order valence-corrected chi connectivity index (χ1v) is 11.1. The van der Waals surface area contributed by atoms with Gasteiger partial charge in [-0.3, -0.25) is 14.2 Å². The van der Waals surface area contributed by atoms with E-state index in [1.807, 2.05) is 49.4 Å². The molecule has 0 aliphatic heterocycles. The second-order valence-corrected chi connectivity index (χ2v) is 8.39. The Labute approximate surface area is 193 Å². The lowest BCUT2D eigenvalue weighted by atomic mass is 10.0. The molecule has 0 spiro atoms. The maximum atomic E-state index is 13.4. The van der Waals surface area contributed by atoms with Gasteiger partial charge >= 0.3 is 0 Å². The van der Waals surface area contributed by atoms with E-state index in [1.165, 1.54) is 11.1 Å². The predicted molar refractivity (Wildman–Crippen MR) is 133 cm³/mol. The maximum absolute atomic E-state index is 13.4. The summed E-state index contributed by atoms with van der Waals surface area (Å²) in [6.07, 6.45) is 1.36. The van der Waals surface area contributed by atoms with E-state index in [9.17, 15) is 9.59 Å². The number of aryl methyl sites for hydroxylation is 4. The number of rotatable bonds is 7. The average molecular weight is 441 g/mol. The van der Waals surface area contributed by atoms with Gasteiger partial charge in [0, 0.05) is 17.3 Å². The van der Waals surface area contributed by atoms with E-state index in [0.29, 0.717) is 28.9 Å². The molecule has 168 valence electrons. The molecule has 1 aromatic heterocycles. The number of ether oxygens (including phenoxy) is 1. The van der Waals surface area contributed by atoms with Gasteiger partial charge in [-0.2, -0.15) is 0 Å². The number of nitrogens with zero attached hydrogens (tertiary/aromatic N) is 1. The number of amides is 1. The fraction of sp³-hybridized carbons (Fsp3) is 0.214. The molecule has 4 aromatic rings. The number of carbonyl (C=O) groups is 1. The molecule has 0 radical (unpaired) electrons. The van der Waals surface area contributed by atoms with Crippen molar-refractivity contribution in [2.75, 3.05) is 12.4 Å². The van der Waals surface area contributed by atoms with Gasteiger partial charge in [0.05, 0.1) is 12.6 Å². The quantitative estimate of drug-likeness (QED) is 0.437. The van der Waals surface area contributed by atoms with Gasteiger partial charge in [0.15, 0.2) is 0 Å². The van der Waals surface area contributed by atoms with Crippen LogP contribution in [-0.2, 0) is 24.2 Å². The van der Waals surface area contributed by atoms with E-state index >= 15 is 0 Å². The third-order valence-corrected chi connectivity index (χ3v) is 5.82. The van der Waals surface area contributed by atoms with Gasteiger partial charge < -0.3 is 10.1 Å². The summed E-state index contributed by atoms with van der Waals surface area (Å²) in [4.78, 5) is 26.3. The third-order valence-electron chi connectivity index (χ3n) is 5.82. The van der Waals surface area contributed by atoms with Crippen molar-refractivity contribution in [3.05, 3.63) is 105 Å². The average Bonchev–Trinajstić information content (AvgIpc) is 2.82. The van der Waals surface area contributed by atoms with E-state index in [-0.39, 0.29) is 18.0 Å². The molecule has 0 atom stereocenters. The molecule has 0 aliphatic carbocycles. The Morgan fingerprint density at radius 2 is 1.55 bits per heavy atom. The second kappa shape index (κ2) is 9.74. The number of nitrogens with one attached hydrogen (secondary N) is 1. The highest BCUT2D eigenvalue weighted by atomic mass is 16.5. The van der Waals surface area contributed by atoms with Crippen LogP contribution in [0.25, 0.3) is 10.9 Å². The molecule has 4 rings (SSSR count). The summed E-state index contributed by atoms with van der Waals surface area (Å²) in [7, 11) is 1.59. The summed E-state index contributed by atoms with van der Waals surface area (Å²) in [6, 6.07) is 23.5. The monoisotopic (exact) mass is 440 g/mol. The fourth-order valence-electron chi connectivity index (χ4n) is 3.89. The van der Waals surface area contributed by atoms with Crippen LogP contribution in [0.3, 0.4) is 0 Å². The molecule has 5 nitrogen and oxygen atoms in total. The third kappa shape index (κ3) is 5.32. The highest BCUT2D eigenvalue weighted by Gasteiger charge is 2.14. The topological polar surface area (TPSA) is 60.3 Å². The zero-order chi connectivity index (χ0) is 23.4. The minimum atomic E-state index is -0.249. The molecule has 33 heavy (non-hydrogen) atoms. The zero-order valence-corrected chi connectivity index (χ0v) is 19.2. The number of carbonyl (C=O) groups excluding carboxylic acids is 1. The summed E-state index contributed by atoms with van der Waals surface area (Å²) < 4.78 is 6.91. The van der Waals surface area contributed by atoms with E-state index in [4.69, 9.17) is 4.74 Å². The fourth-order valence-corrected chi connectivity index (χ4v) is 3.89. The standard InChI is InChI=1S/C28H28N2O3/c1-19-4-8-21(9-5-19)10-11-23-16-22-12-15-25(33-3)17-26(22)30(28(23)32)18-27(31)29-24-13-6-20(2)7-14-24/h4-9,12-17H,10-11,18H2,1-3H3,(H,29,31). The Morgan fingerprint density at radius 1 is 0.879 bits per heavy atom. The number of benzene rings is 3. The number of hydrogen-bond donors (Lipinski definition) is 1. The summed E-state index contributed by atoms with van der Waals surface area (Å²) in [6.45, 7) is 3.98. The van der Waals surface area contributed by atoms with Gasteiger partial charge in [0.25, 0.3) is 5.56 Å². The molecule has 0 bridgehead atoms. The first-order valence-electron chi connectivity index (χ1n) is 11.1. The first kappa shape index (κ1) is 22.3. The lowest BCUT2D eigenvalue weighted by molar-refractivity contribution is -0.116. The molecule has 0 fully saturated rings. The molecule has 1 N–H and O–H groups in total. The highest BCUT2D eigenvalue weighted by molar-refractivity contribution is 5.92. The predicted octanol–water partition coefficient (Wildman–Crippen LogP) is 5.05. The van der Waals surface area contributed by atoms with Gasteiger partial charge in [-0.15, -0.1) is 0 Å². The molecular weight excluding hydrogens is 412 g/mol. The Hall–Kier alpha value is -3.86. The van der Waals surface area contributed by atoms with E-state index in [2.05, 4.69) is 36.5 Å². The summed E-state index contributed by atoms with van der Waals surface area (Å²) >= 11 is 0. The van der Waals surface area contributed by atoms with Crippen molar-refractivity contribution in [3.8, 4) is 5.75 Å². The molecule has 5 heteroatoms. The van der Waals surface area contributed by atoms with Crippen molar-refractivity contribution in [1.29, 1.82) is 0 Å². The van der Waals surface area contributed by atoms with Crippen LogP contribution in [0.1, 0.15) is 22.3 Å². The van der Waals surface area contributed by atoms with E-state index in [0.717, 1.165) is 17.4 Å². The summed E-state index contributed by atoms with van der Waals surface area (Å²) in [5.41, 5.74) is 5.43. The lowest BCUT2D eigenvalue weighted by Gasteiger charge is -2.14. The molecule has 1 heterocycles. The Kier molecular flexibility index (Phi) is 6.59. The number of methoxy groups -OCH3 is 1. The Balaban J connectivity index is 1.66. The largest absolute Gasteiger partial charge is 0.497 e. The van der Waals surface area contributed by atoms with Crippen molar-refractivity contribution in [1.82, 2.24) is 4.57 Å². The van der Waals surface area contributed by atoms with Crippen LogP contribution in [0.5, 0.6) is 5.75 Å².